The van der Waals surface area contributed by atoms with Crippen LogP contribution in [0.5, 0.6) is 5.75 Å². The molecular formula is C14H22FNO. The topological polar surface area (TPSA) is 32.3 Å². The van der Waals surface area contributed by atoms with Gasteiger partial charge in [0, 0.05) is 18.2 Å². The molecule has 0 aromatic heterocycles. The van der Waals surface area contributed by atoms with E-state index in [2.05, 4.69) is 26.1 Å². The van der Waals surface area contributed by atoms with Gasteiger partial charge in [-0.15, -0.1) is 0 Å². The fourth-order valence-corrected chi connectivity index (χ4v) is 1.83. The van der Waals surface area contributed by atoms with Crippen molar-refractivity contribution in [2.24, 2.45) is 5.92 Å². The Morgan fingerprint density at radius 1 is 1.35 bits per heavy atom. The van der Waals surface area contributed by atoms with Gasteiger partial charge in [0.15, 0.2) is 0 Å². The highest BCUT2D eigenvalue weighted by Gasteiger charge is 2.08. The van der Waals surface area contributed by atoms with E-state index < -0.39 is 0 Å². The van der Waals surface area contributed by atoms with E-state index in [9.17, 15) is 9.50 Å². The molecule has 0 fully saturated rings. The van der Waals surface area contributed by atoms with Gasteiger partial charge in [0.2, 0.25) is 0 Å². The quantitative estimate of drug-likeness (QED) is 0.797. The van der Waals surface area contributed by atoms with Crippen LogP contribution in [-0.2, 0) is 6.54 Å². The molecule has 0 saturated heterocycles. The number of rotatable bonds is 6. The van der Waals surface area contributed by atoms with E-state index in [1.54, 1.807) is 0 Å². The van der Waals surface area contributed by atoms with Gasteiger partial charge in [-0.25, -0.2) is 4.39 Å². The zero-order chi connectivity index (χ0) is 12.8. The summed E-state index contributed by atoms with van der Waals surface area (Å²) in [7, 11) is 0. The second-order valence-electron chi connectivity index (χ2n) is 4.80. The summed E-state index contributed by atoms with van der Waals surface area (Å²) in [5.41, 5.74) is 0.612. The lowest BCUT2D eigenvalue weighted by molar-refractivity contribution is 0.405. The molecule has 96 valence electrons. The monoisotopic (exact) mass is 239 g/mol. The van der Waals surface area contributed by atoms with E-state index in [1.165, 1.54) is 18.2 Å². The van der Waals surface area contributed by atoms with E-state index >= 15 is 0 Å². The highest BCUT2D eigenvalue weighted by molar-refractivity contribution is 5.32. The standard InChI is InChI=1S/C14H22FNO/c1-4-10(2)7-11(3)16-9-12-8-13(15)5-6-14(12)17/h5-6,8,10-11,16-17H,4,7,9H2,1-3H3. The molecule has 0 spiro atoms. The van der Waals surface area contributed by atoms with Gasteiger partial charge >= 0.3 is 0 Å². The maximum absolute atomic E-state index is 13.0. The molecule has 17 heavy (non-hydrogen) atoms. The van der Waals surface area contributed by atoms with Crippen LogP contribution in [0.3, 0.4) is 0 Å². The van der Waals surface area contributed by atoms with Crippen LogP contribution in [0.1, 0.15) is 39.2 Å². The maximum Gasteiger partial charge on any atom is 0.123 e. The average molecular weight is 239 g/mol. The van der Waals surface area contributed by atoms with E-state index in [4.69, 9.17) is 0 Å². The number of hydrogen-bond acceptors (Lipinski definition) is 2. The summed E-state index contributed by atoms with van der Waals surface area (Å²) in [5, 5.41) is 12.9. The smallest absolute Gasteiger partial charge is 0.123 e. The van der Waals surface area contributed by atoms with Gasteiger partial charge in [0.1, 0.15) is 11.6 Å². The van der Waals surface area contributed by atoms with Crippen LogP contribution in [-0.4, -0.2) is 11.1 Å². The highest BCUT2D eigenvalue weighted by Crippen LogP contribution is 2.18. The summed E-state index contributed by atoms with van der Waals surface area (Å²) >= 11 is 0. The molecule has 0 aliphatic carbocycles. The predicted octanol–water partition coefficient (Wildman–Crippen LogP) is 3.45. The lowest BCUT2D eigenvalue weighted by atomic mass is 10.0. The van der Waals surface area contributed by atoms with E-state index in [0.29, 0.717) is 24.1 Å². The molecule has 0 saturated carbocycles. The van der Waals surface area contributed by atoms with Gasteiger partial charge in [-0.3, -0.25) is 0 Å². The largest absolute Gasteiger partial charge is 0.508 e. The van der Waals surface area contributed by atoms with Crippen molar-refractivity contribution in [1.82, 2.24) is 5.32 Å². The van der Waals surface area contributed by atoms with E-state index in [0.717, 1.165) is 12.8 Å². The number of aromatic hydroxyl groups is 1. The normalized spacial score (nSPS) is 14.6. The molecule has 0 heterocycles. The van der Waals surface area contributed by atoms with E-state index in [-0.39, 0.29) is 11.6 Å². The lowest BCUT2D eigenvalue weighted by Crippen LogP contribution is -2.27. The molecule has 0 bridgehead atoms. The minimum atomic E-state index is -0.311. The molecule has 1 rings (SSSR count). The summed E-state index contributed by atoms with van der Waals surface area (Å²) in [6.07, 6.45) is 2.25. The van der Waals surface area contributed by atoms with Crippen molar-refractivity contribution in [2.75, 3.05) is 0 Å². The molecule has 0 amide bonds. The molecule has 2 N–H and O–H groups in total. The van der Waals surface area contributed by atoms with Crippen LogP contribution >= 0.6 is 0 Å². The Labute approximate surface area is 103 Å². The molecule has 1 aromatic rings. The molecule has 3 heteroatoms. The molecule has 0 aliphatic heterocycles. The van der Waals surface area contributed by atoms with Gasteiger partial charge in [-0.1, -0.05) is 20.3 Å². The van der Waals surface area contributed by atoms with Gasteiger partial charge < -0.3 is 10.4 Å². The van der Waals surface area contributed by atoms with Gasteiger partial charge in [0.25, 0.3) is 0 Å². The zero-order valence-electron chi connectivity index (χ0n) is 10.8. The van der Waals surface area contributed by atoms with Crippen molar-refractivity contribution in [3.05, 3.63) is 29.6 Å². The molecule has 2 nitrogen and oxygen atoms in total. The van der Waals surface area contributed by atoms with Gasteiger partial charge in [0.05, 0.1) is 0 Å². The Kier molecular flexibility index (Phi) is 5.42. The number of hydrogen-bond donors (Lipinski definition) is 2. The van der Waals surface area contributed by atoms with Crippen molar-refractivity contribution >= 4 is 0 Å². The zero-order valence-corrected chi connectivity index (χ0v) is 10.8. The maximum atomic E-state index is 13.0. The minimum absolute atomic E-state index is 0.148. The number of nitrogens with one attached hydrogen (secondary N) is 1. The Morgan fingerprint density at radius 3 is 2.71 bits per heavy atom. The average Bonchev–Trinajstić information content (AvgIpc) is 2.30. The van der Waals surface area contributed by atoms with Gasteiger partial charge in [-0.2, -0.15) is 0 Å². The minimum Gasteiger partial charge on any atom is -0.508 e. The van der Waals surface area contributed by atoms with Crippen molar-refractivity contribution in [3.8, 4) is 5.75 Å². The van der Waals surface area contributed by atoms with E-state index in [1.807, 2.05) is 0 Å². The third-order valence-corrected chi connectivity index (χ3v) is 3.14. The van der Waals surface area contributed by atoms with Crippen molar-refractivity contribution < 1.29 is 9.50 Å². The fourth-order valence-electron chi connectivity index (χ4n) is 1.83. The molecule has 1 aromatic carbocycles. The Hall–Kier alpha value is -1.09. The highest BCUT2D eigenvalue weighted by atomic mass is 19.1. The number of benzene rings is 1. The van der Waals surface area contributed by atoms with Crippen LogP contribution in [0.2, 0.25) is 0 Å². The third kappa shape index (κ3) is 4.73. The second-order valence-corrected chi connectivity index (χ2v) is 4.80. The number of halogens is 1. The van der Waals surface area contributed by atoms with Crippen molar-refractivity contribution in [3.63, 3.8) is 0 Å². The Balaban J connectivity index is 2.47. The summed E-state index contributed by atoms with van der Waals surface area (Å²) < 4.78 is 13.0. The van der Waals surface area contributed by atoms with Crippen molar-refractivity contribution in [2.45, 2.75) is 46.2 Å². The first kappa shape index (κ1) is 14.0. The summed E-state index contributed by atoms with van der Waals surface area (Å²) in [6, 6.07) is 4.40. The second kappa shape index (κ2) is 6.60. The first-order valence-electron chi connectivity index (χ1n) is 6.23. The molecular weight excluding hydrogens is 217 g/mol. The molecule has 0 radical (unpaired) electrons. The Bertz CT molecular complexity index is 354. The fraction of sp³-hybridized carbons (Fsp3) is 0.571. The summed E-state index contributed by atoms with van der Waals surface area (Å²) in [5.74, 6) is 0.516. The predicted molar refractivity (Wildman–Crippen MR) is 68.4 cm³/mol. The molecule has 0 aliphatic rings. The van der Waals surface area contributed by atoms with Crippen LogP contribution in [0.15, 0.2) is 18.2 Å². The number of phenolic OH excluding ortho intramolecular Hbond substituents is 1. The third-order valence-electron chi connectivity index (χ3n) is 3.14. The van der Waals surface area contributed by atoms with Crippen LogP contribution in [0.25, 0.3) is 0 Å². The first-order chi connectivity index (χ1) is 8.02. The summed E-state index contributed by atoms with van der Waals surface area (Å²) in [4.78, 5) is 0. The van der Waals surface area contributed by atoms with Crippen LogP contribution in [0, 0.1) is 11.7 Å². The Morgan fingerprint density at radius 2 is 2.06 bits per heavy atom. The van der Waals surface area contributed by atoms with Crippen LogP contribution < -0.4 is 5.32 Å². The molecule has 2 unspecified atom stereocenters. The summed E-state index contributed by atoms with van der Waals surface area (Å²) in [6.45, 7) is 7.01. The van der Waals surface area contributed by atoms with Gasteiger partial charge in [-0.05, 0) is 37.5 Å². The number of phenols is 1. The lowest BCUT2D eigenvalue weighted by Gasteiger charge is -2.17. The van der Waals surface area contributed by atoms with Crippen molar-refractivity contribution in [1.29, 1.82) is 0 Å². The SMILES string of the molecule is CCC(C)CC(C)NCc1cc(F)ccc1O. The first-order valence-corrected chi connectivity index (χ1v) is 6.23. The van der Waals surface area contributed by atoms with Crippen LogP contribution in [0.4, 0.5) is 4.39 Å². The molecule has 2 atom stereocenters.